The molecule has 0 radical (unpaired) electrons. The van der Waals surface area contributed by atoms with Crippen LogP contribution in [0, 0.1) is 0 Å². The molecule has 0 saturated carbocycles. The van der Waals surface area contributed by atoms with E-state index in [9.17, 15) is 9.90 Å². The number of pyridine rings is 1. The Balaban J connectivity index is 1.75. The first kappa shape index (κ1) is 19.1. The third kappa shape index (κ3) is 3.15. The van der Waals surface area contributed by atoms with Gasteiger partial charge in [-0.2, -0.15) is 5.10 Å². The first-order valence-corrected chi connectivity index (χ1v) is 9.43. The molecule has 8 nitrogen and oxygen atoms in total. The highest BCUT2D eigenvalue weighted by atomic mass is 35.5. The number of aromatic amines is 1. The van der Waals surface area contributed by atoms with Gasteiger partial charge in [0.25, 0.3) is 0 Å². The van der Waals surface area contributed by atoms with Crippen molar-refractivity contribution < 1.29 is 5.11 Å². The fraction of sp³-hybridized carbons (Fsp3) is 0.250. The molecule has 9 heteroatoms. The van der Waals surface area contributed by atoms with Crippen LogP contribution in [0.3, 0.4) is 0 Å². The van der Waals surface area contributed by atoms with Gasteiger partial charge in [0.2, 0.25) is 5.88 Å². The summed E-state index contributed by atoms with van der Waals surface area (Å²) >= 11 is 6.48. The van der Waals surface area contributed by atoms with Gasteiger partial charge in [0.1, 0.15) is 5.52 Å². The van der Waals surface area contributed by atoms with Crippen molar-refractivity contribution in [3.8, 4) is 11.6 Å². The normalized spacial score (nSPS) is 11.9. The second kappa shape index (κ2) is 6.66. The van der Waals surface area contributed by atoms with Crippen molar-refractivity contribution in [2.45, 2.75) is 26.2 Å². The summed E-state index contributed by atoms with van der Waals surface area (Å²) in [5.74, 6) is 0.453. The van der Waals surface area contributed by atoms with Crippen LogP contribution in [0.1, 0.15) is 26.5 Å². The Morgan fingerprint density at radius 2 is 2.00 bits per heavy atom. The second-order valence-electron chi connectivity index (χ2n) is 7.86. The first-order chi connectivity index (χ1) is 13.7. The lowest BCUT2D eigenvalue weighted by atomic mass is 9.92. The fourth-order valence-corrected chi connectivity index (χ4v) is 3.76. The largest absolute Gasteiger partial charge is 0.493 e. The first-order valence-electron chi connectivity index (χ1n) is 9.05. The molecule has 0 aliphatic heterocycles. The topological polar surface area (TPSA) is 101 Å². The number of aromatic hydroxyl groups is 1. The number of rotatable bonds is 3. The van der Waals surface area contributed by atoms with Crippen LogP contribution in [0.25, 0.3) is 16.7 Å². The molecular weight excluding hydrogens is 392 g/mol. The summed E-state index contributed by atoms with van der Waals surface area (Å²) in [5.41, 5.74) is 2.36. The van der Waals surface area contributed by atoms with Crippen LogP contribution >= 0.6 is 11.6 Å². The molecule has 3 aromatic heterocycles. The molecular formula is C20H21ClN6O2. The lowest BCUT2D eigenvalue weighted by Crippen LogP contribution is -2.24. The van der Waals surface area contributed by atoms with E-state index in [0.29, 0.717) is 33.4 Å². The Labute approximate surface area is 171 Å². The minimum Gasteiger partial charge on any atom is -0.493 e. The summed E-state index contributed by atoms with van der Waals surface area (Å²) < 4.78 is 2.66. The van der Waals surface area contributed by atoms with Crippen molar-refractivity contribution in [2.24, 2.45) is 7.05 Å². The van der Waals surface area contributed by atoms with Crippen LogP contribution in [-0.4, -0.2) is 29.4 Å². The monoisotopic (exact) mass is 412 g/mol. The number of imidazole rings is 1. The van der Waals surface area contributed by atoms with E-state index < -0.39 is 5.41 Å². The molecule has 0 aliphatic carbocycles. The molecule has 3 N–H and O–H groups in total. The number of nitrogens with zero attached hydrogens (tertiary/aromatic N) is 4. The number of hydrogen-bond acceptors (Lipinski definition) is 5. The second-order valence-corrected chi connectivity index (χ2v) is 8.27. The van der Waals surface area contributed by atoms with E-state index in [1.165, 1.54) is 9.13 Å². The summed E-state index contributed by atoms with van der Waals surface area (Å²) in [6, 6.07) is 8.83. The minimum absolute atomic E-state index is 0.116. The molecule has 3 heterocycles. The average Bonchev–Trinajstić information content (AvgIpc) is 3.15. The van der Waals surface area contributed by atoms with E-state index in [-0.39, 0.29) is 11.6 Å². The standard InChI is InChI=1S/C20H21ClN6O2/c1-20(2,3)16-18(28)27(19(29)26(16)4)14-8-7-11(10-12(14)21)23-17-15-13(24-25-17)6-5-9-22-15/h5-10,28H,1-4H3,(H2,23,24,25). The lowest BCUT2D eigenvalue weighted by Gasteiger charge is -2.18. The number of nitrogens with one attached hydrogen (secondary N) is 2. The maximum Gasteiger partial charge on any atom is 0.335 e. The molecule has 0 fully saturated rings. The van der Waals surface area contributed by atoms with Gasteiger partial charge < -0.3 is 10.4 Å². The van der Waals surface area contributed by atoms with Crippen molar-refractivity contribution in [1.29, 1.82) is 0 Å². The van der Waals surface area contributed by atoms with Crippen LogP contribution in [-0.2, 0) is 12.5 Å². The molecule has 0 saturated heterocycles. The Morgan fingerprint density at radius 1 is 1.24 bits per heavy atom. The maximum absolute atomic E-state index is 12.8. The van der Waals surface area contributed by atoms with E-state index in [2.05, 4.69) is 20.5 Å². The van der Waals surface area contributed by atoms with Crippen molar-refractivity contribution in [3.05, 3.63) is 57.7 Å². The zero-order valence-electron chi connectivity index (χ0n) is 16.5. The van der Waals surface area contributed by atoms with Crippen LogP contribution in [0.2, 0.25) is 5.02 Å². The number of hydrogen-bond donors (Lipinski definition) is 3. The molecule has 150 valence electrons. The van der Waals surface area contributed by atoms with E-state index in [4.69, 9.17) is 11.6 Å². The van der Waals surface area contributed by atoms with Crippen LogP contribution in [0.4, 0.5) is 11.5 Å². The van der Waals surface area contributed by atoms with Crippen molar-refractivity contribution in [2.75, 3.05) is 5.32 Å². The number of fused-ring (bicyclic) bond motifs is 1. The predicted molar refractivity (Wildman–Crippen MR) is 114 cm³/mol. The summed E-state index contributed by atoms with van der Waals surface area (Å²) in [7, 11) is 1.64. The maximum atomic E-state index is 12.8. The quantitative estimate of drug-likeness (QED) is 0.474. The Kier molecular flexibility index (Phi) is 4.38. The van der Waals surface area contributed by atoms with Gasteiger partial charge in [0, 0.05) is 24.3 Å². The van der Waals surface area contributed by atoms with Gasteiger partial charge >= 0.3 is 5.69 Å². The molecule has 0 spiro atoms. The van der Waals surface area contributed by atoms with Crippen LogP contribution in [0.15, 0.2) is 41.3 Å². The van der Waals surface area contributed by atoms with Crippen LogP contribution < -0.4 is 11.0 Å². The average molecular weight is 413 g/mol. The number of anilines is 2. The number of aromatic nitrogens is 5. The number of H-pyrrole nitrogens is 1. The minimum atomic E-state index is -0.411. The van der Waals surface area contributed by atoms with Crippen molar-refractivity contribution >= 4 is 34.1 Å². The molecule has 0 atom stereocenters. The number of benzene rings is 1. The SMILES string of the molecule is Cn1c(C(C)(C)C)c(O)n(-c2ccc(Nc3n[nH]c4cccnc34)cc2Cl)c1=O. The third-order valence-electron chi connectivity index (χ3n) is 4.72. The molecule has 29 heavy (non-hydrogen) atoms. The van der Waals surface area contributed by atoms with Crippen molar-refractivity contribution in [1.82, 2.24) is 24.3 Å². The van der Waals surface area contributed by atoms with Crippen LogP contribution in [0.5, 0.6) is 5.88 Å². The highest BCUT2D eigenvalue weighted by Crippen LogP contribution is 2.34. The smallest absolute Gasteiger partial charge is 0.335 e. The third-order valence-corrected chi connectivity index (χ3v) is 5.02. The van der Waals surface area contributed by atoms with Crippen molar-refractivity contribution in [3.63, 3.8) is 0 Å². The van der Waals surface area contributed by atoms with E-state index >= 15 is 0 Å². The summed E-state index contributed by atoms with van der Waals surface area (Å²) in [6.45, 7) is 5.80. The Hall–Kier alpha value is -3.26. The predicted octanol–water partition coefficient (Wildman–Crippen LogP) is 3.85. The molecule has 1 aromatic carbocycles. The molecule has 0 amide bonds. The van der Waals surface area contributed by atoms with E-state index in [1.54, 1.807) is 31.4 Å². The lowest BCUT2D eigenvalue weighted by molar-refractivity contribution is 0.412. The van der Waals surface area contributed by atoms with Gasteiger partial charge in [0.15, 0.2) is 5.82 Å². The van der Waals surface area contributed by atoms with Gasteiger partial charge in [0.05, 0.1) is 21.9 Å². The molecule has 0 bridgehead atoms. The van der Waals surface area contributed by atoms with Gasteiger partial charge in [-0.1, -0.05) is 32.4 Å². The molecule has 4 aromatic rings. The zero-order chi connectivity index (χ0) is 20.9. The van der Waals surface area contributed by atoms with Gasteiger partial charge in [-0.3, -0.25) is 14.6 Å². The Bertz CT molecular complexity index is 1280. The van der Waals surface area contributed by atoms with E-state index in [1.807, 2.05) is 32.9 Å². The molecule has 0 unspecified atom stereocenters. The summed E-state index contributed by atoms with van der Waals surface area (Å²) in [5, 5.41) is 21.4. The van der Waals surface area contributed by atoms with Gasteiger partial charge in [-0.25, -0.2) is 9.36 Å². The van der Waals surface area contributed by atoms with E-state index in [0.717, 1.165) is 5.52 Å². The molecule has 4 rings (SSSR count). The Morgan fingerprint density at radius 3 is 2.66 bits per heavy atom. The summed E-state index contributed by atoms with van der Waals surface area (Å²) in [4.78, 5) is 17.1. The molecule has 0 aliphatic rings. The van der Waals surface area contributed by atoms with Gasteiger partial charge in [-0.05, 0) is 30.3 Å². The zero-order valence-corrected chi connectivity index (χ0v) is 17.2. The fourth-order valence-electron chi connectivity index (χ4n) is 3.49. The highest BCUT2D eigenvalue weighted by Gasteiger charge is 2.28. The number of halogens is 1. The van der Waals surface area contributed by atoms with Gasteiger partial charge in [-0.15, -0.1) is 0 Å². The summed E-state index contributed by atoms with van der Waals surface area (Å²) in [6.07, 6.45) is 1.69. The highest BCUT2D eigenvalue weighted by molar-refractivity contribution is 6.32.